The Morgan fingerprint density at radius 3 is 2.55 bits per heavy atom. The molecule has 1 aromatic carbocycles. The predicted molar refractivity (Wildman–Crippen MR) is 119 cm³/mol. The first-order chi connectivity index (χ1) is 15.2. The molecule has 1 amide bonds. The van der Waals surface area contributed by atoms with Crippen LogP contribution in [0.2, 0.25) is 0 Å². The van der Waals surface area contributed by atoms with Crippen molar-refractivity contribution < 1.29 is 14.3 Å². The van der Waals surface area contributed by atoms with Gasteiger partial charge in [-0.05, 0) is 37.5 Å². The summed E-state index contributed by atoms with van der Waals surface area (Å²) in [6.45, 7) is 5.96. The number of hydrogen-bond donors (Lipinski definition) is 1. The number of likely N-dealkylation sites (tertiary alicyclic amines) is 1. The van der Waals surface area contributed by atoms with Crippen molar-refractivity contribution in [1.29, 1.82) is 0 Å². The summed E-state index contributed by atoms with van der Waals surface area (Å²) in [4.78, 5) is 33.4. The third-order valence-electron chi connectivity index (χ3n) is 6.10. The van der Waals surface area contributed by atoms with Crippen LogP contribution in [0, 0.1) is 5.92 Å². The summed E-state index contributed by atoms with van der Waals surface area (Å²) in [5, 5.41) is 3.56. The fourth-order valence-corrected chi connectivity index (χ4v) is 4.33. The number of piperazine rings is 1. The number of aromatic nitrogens is 1. The average Bonchev–Trinajstić information content (AvgIpc) is 2.84. The maximum atomic E-state index is 12.9. The normalized spacial score (nSPS) is 19.8. The molecule has 0 aliphatic carbocycles. The van der Waals surface area contributed by atoms with E-state index in [1.807, 2.05) is 30.0 Å². The number of nitrogens with zero attached hydrogens (tertiary/aromatic N) is 3. The Morgan fingerprint density at radius 2 is 1.87 bits per heavy atom. The maximum Gasteiger partial charge on any atom is 0.309 e. The van der Waals surface area contributed by atoms with Crippen molar-refractivity contribution in [2.45, 2.75) is 25.8 Å². The Labute approximate surface area is 183 Å². The first-order valence-electron chi connectivity index (χ1n) is 11.1. The second kappa shape index (κ2) is 9.92. The molecule has 2 aliphatic rings. The van der Waals surface area contributed by atoms with Gasteiger partial charge in [-0.15, -0.1) is 0 Å². The predicted octanol–water partition coefficient (Wildman–Crippen LogP) is 2.65. The molecule has 0 radical (unpaired) electrons. The number of pyridine rings is 1. The molecule has 1 N–H and O–H groups in total. The first kappa shape index (κ1) is 21.3. The highest BCUT2D eigenvalue weighted by molar-refractivity contribution is 5.94. The van der Waals surface area contributed by atoms with Crippen LogP contribution in [0.25, 0.3) is 0 Å². The van der Waals surface area contributed by atoms with E-state index < -0.39 is 0 Å². The van der Waals surface area contributed by atoms with Gasteiger partial charge in [0.25, 0.3) is 5.91 Å². The molecule has 1 atom stereocenters. The number of esters is 1. The van der Waals surface area contributed by atoms with E-state index in [1.54, 1.807) is 6.20 Å². The number of carbonyl (C=O) groups excluding carboxylic acids is 2. The highest BCUT2D eigenvalue weighted by atomic mass is 16.5. The number of amides is 1. The second-order valence-corrected chi connectivity index (χ2v) is 8.09. The van der Waals surface area contributed by atoms with Crippen LogP contribution in [0.4, 0.5) is 5.82 Å². The lowest BCUT2D eigenvalue weighted by molar-refractivity contribution is -0.149. The molecule has 7 heteroatoms. The summed E-state index contributed by atoms with van der Waals surface area (Å²) in [5.41, 5.74) is 1.86. The van der Waals surface area contributed by atoms with Gasteiger partial charge in [0.2, 0.25) is 0 Å². The fraction of sp³-hybridized carbons (Fsp3) is 0.458. The Bertz CT molecular complexity index is 879. The van der Waals surface area contributed by atoms with Crippen LogP contribution in [0.15, 0.2) is 48.7 Å². The quantitative estimate of drug-likeness (QED) is 0.747. The number of nitrogens with one attached hydrogen (secondary N) is 1. The summed E-state index contributed by atoms with van der Waals surface area (Å²) in [5.74, 6) is 0.615. The highest BCUT2D eigenvalue weighted by Gasteiger charge is 2.29. The van der Waals surface area contributed by atoms with E-state index in [9.17, 15) is 9.59 Å². The number of carbonyl (C=O) groups is 2. The zero-order chi connectivity index (χ0) is 21.6. The van der Waals surface area contributed by atoms with Crippen molar-refractivity contribution in [3.05, 3.63) is 59.8 Å². The van der Waals surface area contributed by atoms with Crippen molar-refractivity contribution in [2.75, 3.05) is 44.2 Å². The van der Waals surface area contributed by atoms with Gasteiger partial charge >= 0.3 is 5.97 Å². The zero-order valence-electron chi connectivity index (χ0n) is 18.0. The molecular formula is C24H30N4O3. The Balaban J connectivity index is 1.35. The van der Waals surface area contributed by atoms with Gasteiger partial charge in [-0.2, -0.15) is 0 Å². The van der Waals surface area contributed by atoms with E-state index in [1.165, 1.54) is 5.56 Å². The van der Waals surface area contributed by atoms with Gasteiger partial charge in [-0.25, -0.2) is 4.98 Å². The van der Waals surface area contributed by atoms with Gasteiger partial charge in [0.1, 0.15) is 5.82 Å². The summed E-state index contributed by atoms with van der Waals surface area (Å²) in [7, 11) is 0. The number of benzene rings is 1. The van der Waals surface area contributed by atoms with Crippen molar-refractivity contribution in [3.8, 4) is 0 Å². The molecule has 4 rings (SSSR count). The van der Waals surface area contributed by atoms with Crippen LogP contribution in [0.1, 0.15) is 41.7 Å². The summed E-state index contributed by atoms with van der Waals surface area (Å²) >= 11 is 0. The number of anilines is 1. The summed E-state index contributed by atoms with van der Waals surface area (Å²) in [6, 6.07) is 14.5. The van der Waals surface area contributed by atoms with Crippen LogP contribution in [-0.2, 0) is 9.53 Å². The Hall–Kier alpha value is -2.93. The van der Waals surface area contributed by atoms with Gasteiger partial charge in [0.15, 0.2) is 0 Å². The smallest absolute Gasteiger partial charge is 0.309 e. The minimum atomic E-state index is -0.148. The molecule has 2 aliphatic heterocycles. The molecule has 2 fully saturated rings. The van der Waals surface area contributed by atoms with Gasteiger partial charge in [-0.3, -0.25) is 9.59 Å². The van der Waals surface area contributed by atoms with Crippen LogP contribution in [0.3, 0.4) is 0 Å². The zero-order valence-corrected chi connectivity index (χ0v) is 18.0. The molecule has 31 heavy (non-hydrogen) atoms. The van der Waals surface area contributed by atoms with Gasteiger partial charge < -0.3 is 19.9 Å². The summed E-state index contributed by atoms with van der Waals surface area (Å²) < 4.78 is 5.11. The third-order valence-corrected chi connectivity index (χ3v) is 6.10. The minimum Gasteiger partial charge on any atom is -0.466 e. The van der Waals surface area contributed by atoms with E-state index in [0.717, 1.165) is 25.5 Å². The number of hydrogen-bond acceptors (Lipinski definition) is 6. The summed E-state index contributed by atoms with van der Waals surface area (Å²) in [6.07, 6.45) is 2.98. The van der Waals surface area contributed by atoms with E-state index in [4.69, 9.17) is 4.74 Å². The van der Waals surface area contributed by atoms with E-state index in [-0.39, 0.29) is 23.8 Å². The van der Waals surface area contributed by atoms with Crippen molar-refractivity contribution >= 4 is 17.7 Å². The van der Waals surface area contributed by atoms with Gasteiger partial charge in [-0.1, -0.05) is 30.3 Å². The second-order valence-electron chi connectivity index (χ2n) is 8.09. The molecule has 2 aromatic rings. The SMILES string of the molecule is CCOC(=O)C1CCN(C(=O)c2ccc(N3CCN[C@@H](c4ccccc4)C3)nc2)CC1. The van der Waals surface area contributed by atoms with Crippen LogP contribution >= 0.6 is 0 Å². The monoisotopic (exact) mass is 422 g/mol. The molecule has 0 spiro atoms. The number of piperidine rings is 1. The third kappa shape index (κ3) is 5.05. The Kier molecular flexibility index (Phi) is 6.82. The molecule has 2 saturated heterocycles. The standard InChI is InChI=1S/C24H30N4O3/c1-2-31-24(30)19-10-13-27(14-11-19)23(29)20-8-9-22(26-16-20)28-15-12-25-21(17-28)18-6-4-3-5-7-18/h3-9,16,19,21,25H,2,10-15,17H2,1H3/t21-/m1/s1. The van der Waals surface area contributed by atoms with Crippen LogP contribution in [-0.4, -0.2) is 61.1 Å². The fourth-order valence-electron chi connectivity index (χ4n) is 4.33. The molecule has 164 valence electrons. The van der Waals surface area contributed by atoms with Gasteiger partial charge in [0, 0.05) is 45.0 Å². The molecule has 0 unspecified atom stereocenters. The molecule has 7 nitrogen and oxygen atoms in total. The molecule has 3 heterocycles. The lowest BCUT2D eigenvalue weighted by atomic mass is 9.96. The van der Waals surface area contributed by atoms with Crippen LogP contribution < -0.4 is 10.2 Å². The molecule has 0 saturated carbocycles. The maximum absolute atomic E-state index is 12.9. The van der Waals surface area contributed by atoms with Gasteiger partial charge in [0.05, 0.1) is 18.1 Å². The van der Waals surface area contributed by atoms with Crippen molar-refractivity contribution in [1.82, 2.24) is 15.2 Å². The van der Waals surface area contributed by atoms with Crippen LogP contribution in [0.5, 0.6) is 0 Å². The molecular weight excluding hydrogens is 392 g/mol. The topological polar surface area (TPSA) is 74.8 Å². The Morgan fingerprint density at radius 1 is 1.10 bits per heavy atom. The largest absolute Gasteiger partial charge is 0.466 e. The average molecular weight is 423 g/mol. The molecule has 0 bridgehead atoms. The highest BCUT2D eigenvalue weighted by Crippen LogP contribution is 2.23. The lowest BCUT2D eigenvalue weighted by Crippen LogP contribution is -2.46. The molecule has 1 aromatic heterocycles. The van der Waals surface area contributed by atoms with E-state index in [0.29, 0.717) is 38.1 Å². The van der Waals surface area contributed by atoms with Crippen molar-refractivity contribution in [2.24, 2.45) is 5.92 Å². The number of ether oxygens (including phenoxy) is 1. The van der Waals surface area contributed by atoms with E-state index >= 15 is 0 Å². The van der Waals surface area contributed by atoms with E-state index in [2.05, 4.69) is 39.5 Å². The lowest BCUT2D eigenvalue weighted by Gasteiger charge is -2.35. The number of rotatable bonds is 5. The first-order valence-corrected chi connectivity index (χ1v) is 11.1. The van der Waals surface area contributed by atoms with Crippen molar-refractivity contribution in [3.63, 3.8) is 0 Å². The minimum absolute atomic E-state index is 0.0242.